The SMILES string of the molecule is COc1ccc(C2C3=C(COC3=O)N(CCO)c3cc4c(cc32)OCO4)cc1OC. The van der Waals surface area contributed by atoms with Crippen LogP contribution in [0.5, 0.6) is 23.0 Å². The first-order valence-electron chi connectivity index (χ1n) is 9.60. The molecular weight excluding hydrogens is 390 g/mol. The van der Waals surface area contributed by atoms with Crippen molar-refractivity contribution in [2.24, 2.45) is 0 Å². The number of aliphatic hydroxyl groups excluding tert-OH is 1. The van der Waals surface area contributed by atoms with Crippen LogP contribution in [-0.4, -0.2) is 51.8 Å². The van der Waals surface area contributed by atoms with E-state index in [2.05, 4.69) is 0 Å². The number of carbonyl (C=O) groups excluding carboxylic acids is 1. The van der Waals surface area contributed by atoms with Crippen molar-refractivity contribution in [3.63, 3.8) is 0 Å². The highest BCUT2D eigenvalue weighted by Gasteiger charge is 2.43. The lowest BCUT2D eigenvalue weighted by atomic mass is 9.80. The summed E-state index contributed by atoms with van der Waals surface area (Å²) in [6.07, 6.45) is 0. The monoisotopic (exact) mass is 411 g/mol. The molecule has 0 bridgehead atoms. The molecule has 2 aromatic rings. The van der Waals surface area contributed by atoms with Crippen LogP contribution in [0.2, 0.25) is 0 Å². The fourth-order valence-electron chi connectivity index (χ4n) is 4.36. The van der Waals surface area contributed by atoms with Gasteiger partial charge in [-0.05, 0) is 29.3 Å². The molecule has 0 saturated carbocycles. The van der Waals surface area contributed by atoms with Crippen molar-refractivity contribution in [3.8, 4) is 23.0 Å². The number of benzene rings is 2. The standard InChI is InChI=1S/C22H21NO7/c1-26-16-4-3-12(7-17(16)27-2)20-13-8-18-19(30-11-29-18)9-14(13)23(5-6-24)15-10-28-22(25)21(15)20/h3-4,7-9,20,24H,5-6,10-11H2,1-2H3. The maximum Gasteiger partial charge on any atom is 0.337 e. The molecule has 1 N–H and O–H groups in total. The molecule has 0 fully saturated rings. The first kappa shape index (κ1) is 18.6. The van der Waals surface area contributed by atoms with E-state index in [9.17, 15) is 9.90 Å². The summed E-state index contributed by atoms with van der Waals surface area (Å²) in [5.41, 5.74) is 3.90. The van der Waals surface area contributed by atoms with Crippen molar-refractivity contribution >= 4 is 11.7 Å². The van der Waals surface area contributed by atoms with E-state index in [0.29, 0.717) is 35.1 Å². The fraction of sp³-hybridized carbons (Fsp3) is 0.318. The number of cyclic esters (lactones) is 1. The number of β-amino-alcohol motifs (C(OH)–C–C–N with tert-alkyl or cyclic N) is 1. The van der Waals surface area contributed by atoms with Crippen LogP contribution in [0.25, 0.3) is 0 Å². The molecule has 8 nitrogen and oxygen atoms in total. The predicted octanol–water partition coefficient (Wildman–Crippen LogP) is 2.19. The Bertz CT molecular complexity index is 1060. The molecule has 2 aromatic carbocycles. The number of nitrogens with zero attached hydrogens (tertiary/aromatic N) is 1. The van der Waals surface area contributed by atoms with Gasteiger partial charge in [0, 0.05) is 24.2 Å². The third-order valence-electron chi connectivity index (χ3n) is 5.67. The number of rotatable bonds is 5. The number of fused-ring (bicyclic) bond motifs is 2. The highest BCUT2D eigenvalue weighted by atomic mass is 16.7. The van der Waals surface area contributed by atoms with Gasteiger partial charge in [-0.3, -0.25) is 0 Å². The maximum absolute atomic E-state index is 12.8. The maximum atomic E-state index is 12.8. The van der Waals surface area contributed by atoms with Gasteiger partial charge >= 0.3 is 5.97 Å². The minimum Gasteiger partial charge on any atom is -0.493 e. The van der Waals surface area contributed by atoms with Crippen LogP contribution in [-0.2, 0) is 9.53 Å². The fourth-order valence-corrected chi connectivity index (χ4v) is 4.36. The number of aliphatic hydroxyl groups is 1. The third kappa shape index (κ3) is 2.68. The summed E-state index contributed by atoms with van der Waals surface area (Å²) in [5.74, 6) is 1.69. The molecule has 3 aliphatic rings. The Balaban J connectivity index is 1.74. The largest absolute Gasteiger partial charge is 0.493 e. The van der Waals surface area contributed by atoms with E-state index in [4.69, 9.17) is 23.7 Å². The summed E-state index contributed by atoms with van der Waals surface area (Å²) in [5, 5.41) is 9.66. The Hall–Kier alpha value is -3.39. The van der Waals surface area contributed by atoms with E-state index in [1.807, 2.05) is 35.2 Å². The van der Waals surface area contributed by atoms with Crippen LogP contribution < -0.4 is 23.8 Å². The molecule has 3 heterocycles. The first-order valence-corrected chi connectivity index (χ1v) is 9.60. The zero-order valence-electron chi connectivity index (χ0n) is 16.6. The Morgan fingerprint density at radius 1 is 1.07 bits per heavy atom. The average molecular weight is 411 g/mol. The van der Waals surface area contributed by atoms with Crippen molar-refractivity contribution in [3.05, 3.63) is 52.7 Å². The molecule has 30 heavy (non-hydrogen) atoms. The topological polar surface area (TPSA) is 86.7 Å². The number of carbonyl (C=O) groups is 1. The second kappa shape index (κ2) is 7.14. The van der Waals surface area contributed by atoms with Crippen LogP contribution in [0, 0.1) is 0 Å². The number of esters is 1. The summed E-state index contributed by atoms with van der Waals surface area (Å²) in [6, 6.07) is 9.40. The molecule has 3 aliphatic heterocycles. The van der Waals surface area contributed by atoms with E-state index in [0.717, 1.165) is 22.5 Å². The quantitative estimate of drug-likeness (QED) is 0.750. The summed E-state index contributed by atoms with van der Waals surface area (Å²) in [4.78, 5) is 14.7. The Morgan fingerprint density at radius 3 is 2.57 bits per heavy atom. The molecule has 0 aromatic heterocycles. The highest BCUT2D eigenvalue weighted by Crippen LogP contribution is 2.51. The molecule has 0 radical (unpaired) electrons. The molecule has 0 spiro atoms. The number of anilines is 1. The number of hydrogen-bond acceptors (Lipinski definition) is 8. The summed E-state index contributed by atoms with van der Waals surface area (Å²) in [6.45, 7) is 0.570. The van der Waals surface area contributed by atoms with Gasteiger partial charge in [0.2, 0.25) is 6.79 Å². The van der Waals surface area contributed by atoms with E-state index in [1.165, 1.54) is 0 Å². The zero-order valence-corrected chi connectivity index (χ0v) is 16.6. The van der Waals surface area contributed by atoms with E-state index in [1.54, 1.807) is 14.2 Å². The average Bonchev–Trinajstić information content (AvgIpc) is 3.38. The lowest BCUT2D eigenvalue weighted by Crippen LogP contribution is -2.33. The molecule has 0 saturated heterocycles. The minimum atomic E-state index is -0.380. The molecule has 1 atom stereocenters. The second-order valence-corrected chi connectivity index (χ2v) is 7.12. The molecule has 0 aliphatic carbocycles. The van der Waals surface area contributed by atoms with Crippen LogP contribution >= 0.6 is 0 Å². The van der Waals surface area contributed by atoms with E-state index < -0.39 is 0 Å². The van der Waals surface area contributed by atoms with Gasteiger partial charge in [-0.2, -0.15) is 0 Å². The van der Waals surface area contributed by atoms with Gasteiger partial charge in [0.25, 0.3) is 0 Å². The predicted molar refractivity (Wildman–Crippen MR) is 106 cm³/mol. The van der Waals surface area contributed by atoms with E-state index >= 15 is 0 Å². The zero-order chi connectivity index (χ0) is 20.8. The summed E-state index contributed by atoms with van der Waals surface area (Å²) < 4.78 is 27.4. The molecule has 8 heteroatoms. The van der Waals surface area contributed by atoms with Gasteiger partial charge < -0.3 is 33.7 Å². The van der Waals surface area contributed by atoms with Crippen molar-refractivity contribution in [2.45, 2.75) is 5.92 Å². The highest BCUT2D eigenvalue weighted by molar-refractivity contribution is 5.98. The molecule has 156 valence electrons. The smallest absolute Gasteiger partial charge is 0.337 e. The van der Waals surface area contributed by atoms with Crippen LogP contribution in [0.15, 0.2) is 41.6 Å². The van der Waals surface area contributed by atoms with Gasteiger partial charge in [0.15, 0.2) is 23.0 Å². The van der Waals surface area contributed by atoms with Crippen LogP contribution in [0.3, 0.4) is 0 Å². The van der Waals surface area contributed by atoms with Crippen molar-refractivity contribution in [1.29, 1.82) is 0 Å². The number of hydrogen-bond donors (Lipinski definition) is 1. The van der Waals surface area contributed by atoms with Crippen molar-refractivity contribution in [2.75, 3.05) is 45.7 Å². The number of methoxy groups -OCH3 is 2. The number of ether oxygens (including phenoxy) is 5. The Labute approximate surface area is 173 Å². The molecule has 1 unspecified atom stereocenters. The first-order chi connectivity index (χ1) is 14.7. The van der Waals surface area contributed by atoms with Crippen molar-refractivity contribution in [1.82, 2.24) is 0 Å². The van der Waals surface area contributed by atoms with Gasteiger partial charge in [-0.25, -0.2) is 4.79 Å². The second-order valence-electron chi connectivity index (χ2n) is 7.12. The molecular formula is C22H21NO7. The van der Waals surface area contributed by atoms with Gasteiger partial charge in [-0.1, -0.05) is 6.07 Å². The normalized spacial score (nSPS) is 18.8. The van der Waals surface area contributed by atoms with Gasteiger partial charge in [0.1, 0.15) is 6.61 Å². The molecule has 5 rings (SSSR count). The lowest BCUT2D eigenvalue weighted by Gasteiger charge is -2.35. The van der Waals surface area contributed by atoms with Crippen molar-refractivity contribution < 1.29 is 33.6 Å². The Kier molecular flexibility index (Phi) is 4.43. The van der Waals surface area contributed by atoms with Crippen LogP contribution in [0.4, 0.5) is 5.69 Å². The Morgan fingerprint density at radius 2 is 1.83 bits per heavy atom. The third-order valence-corrected chi connectivity index (χ3v) is 5.67. The summed E-state index contributed by atoms with van der Waals surface area (Å²) >= 11 is 0. The van der Waals surface area contributed by atoms with Gasteiger partial charge in [-0.15, -0.1) is 0 Å². The molecule has 0 amide bonds. The minimum absolute atomic E-state index is 0.0696. The lowest BCUT2D eigenvalue weighted by molar-refractivity contribution is -0.136. The van der Waals surface area contributed by atoms with E-state index in [-0.39, 0.29) is 31.9 Å². The van der Waals surface area contributed by atoms with Crippen LogP contribution in [0.1, 0.15) is 17.0 Å². The van der Waals surface area contributed by atoms with Gasteiger partial charge in [0.05, 0.1) is 32.1 Å². The summed E-state index contributed by atoms with van der Waals surface area (Å²) in [7, 11) is 3.15.